The summed E-state index contributed by atoms with van der Waals surface area (Å²) in [6.07, 6.45) is 4.69. The number of aliphatic hydroxyl groups is 1. The van der Waals surface area contributed by atoms with Gasteiger partial charge >= 0.3 is 7.05 Å². The standard InChI is InChI=1S/C24H34BN5O4/c1-14(31)12-33-30-22-19-11-17(34-16-7-5-15(6-8-16)29-25(4)32)9-10-18(19)21-20(24(22,2)3)23(26)28-13-27-21/h9-11,13-16,29,31-32H,5-8,12H2,1-4H3,(H2,26,27,28)/b30-22+/t14-,15?,16?/m1/s1. The Morgan fingerprint density at radius 1 is 1.24 bits per heavy atom. The fraction of sp³-hybridized carbons (Fsp3) is 0.542. The van der Waals surface area contributed by atoms with Crippen molar-refractivity contribution in [3.05, 3.63) is 35.7 Å². The number of oxime groups is 1. The molecule has 1 fully saturated rings. The lowest BCUT2D eigenvalue weighted by Crippen LogP contribution is -2.43. The summed E-state index contributed by atoms with van der Waals surface area (Å²) in [5.74, 6) is 1.17. The first kappa shape index (κ1) is 24.4. The minimum absolute atomic E-state index is 0.0858. The van der Waals surface area contributed by atoms with Crippen LogP contribution in [-0.4, -0.2) is 57.7 Å². The lowest BCUT2D eigenvalue weighted by Gasteiger charge is -2.35. The molecule has 4 rings (SSSR count). The van der Waals surface area contributed by atoms with Gasteiger partial charge in [0, 0.05) is 22.1 Å². The van der Waals surface area contributed by atoms with E-state index in [0.29, 0.717) is 17.6 Å². The highest BCUT2D eigenvalue weighted by molar-refractivity contribution is 6.45. The van der Waals surface area contributed by atoms with Gasteiger partial charge in [0.15, 0.2) is 0 Å². The lowest BCUT2D eigenvalue weighted by molar-refractivity contribution is 0.0493. The maximum Gasteiger partial charge on any atom is 0.373 e. The molecule has 0 unspecified atom stereocenters. The van der Waals surface area contributed by atoms with Crippen molar-refractivity contribution in [2.45, 2.75) is 76.9 Å². The van der Waals surface area contributed by atoms with Crippen molar-refractivity contribution < 1.29 is 19.7 Å². The van der Waals surface area contributed by atoms with Crippen molar-refractivity contribution in [3.63, 3.8) is 0 Å². The van der Waals surface area contributed by atoms with Gasteiger partial charge < -0.3 is 30.7 Å². The predicted octanol–water partition coefficient (Wildman–Crippen LogP) is 2.51. The van der Waals surface area contributed by atoms with Gasteiger partial charge in [-0.15, -0.1) is 0 Å². The van der Waals surface area contributed by atoms with Crippen molar-refractivity contribution >= 4 is 18.6 Å². The first-order valence-corrected chi connectivity index (χ1v) is 11.9. The third-order valence-electron chi connectivity index (χ3n) is 6.52. The molecule has 0 amide bonds. The van der Waals surface area contributed by atoms with Gasteiger partial charge in [0.25, 0.3) is 0 Å². The van der Waals surface area contributed by atoms with Crippen molar-refractivity contribution in [1.29, 1.82) is 0 Å². The van der Waals surface area contributed by atoms with Crippen LogP contribution < -0.4 is 15.7 Å². The number of aromatic nitrogens is 2. The largest absolute Gasteiger partial charge is 0.490 e. The molecule has 1 atom stereocenters. The number of nitrogens with zero attached hydrogens (tertiary/aromatic N) is 3. The van der Waals surface area contributed by atoms with E-state index in [9.17, 15) is 10.1 Å². The molecule has 0 spiro atoms. The highest BCUT2D eigenvalue weighted by atomic mass is 16.6. The maximum atomic E-state index is 9.63. The molecule has 2 aliphatic rings. The van der Waals surface area contributed by atoms with Gasteiger partial charge in [-0.25, -0.2) is 9.97 Å². The molecule has 1 saturated carbocycles. The number of nitrogens with two attached hydrogens (primary N) is 1. The number of rotatable bonds is 7. The average Bonchev–Trinajstić information content (AvgIpc) is 2.76. The molecular formula is C24H34BN5O4. The summed E-state index contributed by atoms with van der Waals surface area (Å²) in [6.45, 7) is 7.52. The second-order valence-corrected chi connectivity index (χ2v) is 9.83. The molecule has 182 valence electrons. The van der Waals surface area contributed by atoms with Gasteiger partial charge in [-0.2, -0.15) is 0 Å². The molecule has 34 heavy (non-hydrogen) atoms. The minimum atomic E-state index is -0.635. The van der Waals surface area contributed by atoms with Crippen molar-refractivity contribution in [1.82, 2.24) is 15.2 Å². The molecule has 0 radical (unpaired) electrons. The summed E-state index contributed by atoms with van der Waals surface area (Å²) < 4.78 is 6.36. The number of ether oxygens (including phenoxy) is 1. The fourth-order valence-corrected chi connectivity index (χ4v) is 4.93. The SMILES string of the molecule is CB(O)NC1CCC(Oc2ccc3c(c2)/C(=N\OC[C@@H](C)O)C(C)(C)c2c(N)ncnc2-3)CC1. The van der Waals surface area contributed by atoms with E-state index in [1.807, 2.05) is 32.0 Å². The Labute approximate surface area is 200 Å². The highest BCUT2D eigenvalue weighted by Gasteiger charge is 2.41. The topological polar surface area (TPSA) is 135 Å². The second kappa shape index (κ2) is 9.89. The van der Waals surface area contributed by atoms with E-state index < -0.39 is 18.6 Å². The molecule has 1 heterocycles. The molecule has 0 bridgehead atoms. The van der Waals surface area contributed by atoms with Crippen LogP contribution in [0.4, 0.5) is 5.82 Å². The average molecular weight is 467 g/mol. The first-order valence-electron chi connectivity index (χ1n) is 11.9. The molecule has 1 aromatic carbocycles. The summed E-state index contributed by atoms with van der Waals surface area (Å²) in [4.78, 5) is 14.3. The van der Waals surface area contributed by atoms with Gasteiger partial charge in [0.05, 0.1) is 23.6 Å². The minimum Gasteiger partial charge on any atom is -0.490 e. The van der Waals surface area contributed by atoms with Gasteiger partial charge in [-0.1, -0.05) is 5.16 Å². The zero-order valence-electron chi connectivity index (χ0n) is 20.3. The number of benzene rings is 1. The van der Waals surface area contributed by atoms with E-state index in [2.05, 4.69) is 20.4 Å². The van der Waals surface area contributed by atoms with Gasteiger partial charge in [0.2, 0.25) is 0 Å². The summed E-state index contributed by atoms with van der Waals surface area (Å²) >= 11 is 0. The van der Waals surface area contributed by atoms with Gasteiger partial charge in [0.1, 0.15) is 24.5 Å². The van der Waals surface area contributed by atoms with E-state index >= 15 is 0 Å². The van der Waals surface area contributed by atoms with E-state index in [1.54, 1.807) is 13.7 Å². The predicted molar refractivity (Wildman–Crippen MR) is 133 cm³/mol. The number of hydrogen-bond acceptors (Lipinski definition) is 9. The molecule has 0 saturated heterocycles. The van der Waals surface area contributed by atoms with Gasteiger partial charge in [-0.05, 0) is 77.5 Å². The number of hydrogen-bond donors (Lipinski definition) is 4. The van der Waals surface area contributed by atoms with E-state index in [4.69, 9.17) is 15.3 Å². The molecule has 5 N–H and O–H groups in total. The van der Waals surface area contributed by atoms with Crippen molar-refractivity contribution in [2.75, 3.05) is 12.3 Å². The monoisotopic (exact) mass is 467 g/mol. The van der Waals surface area contributed by atoms with Crippen LogP contribution in [0, 0.1) is 0 Å². The molecule has 2 aliphatic carbocycles. The summed E-state index contributed by atoms with van der Waals surface area (Å²) in [6, 6.07) is 6.24. The molecule has 10 heteroatoms. The van der Waals surface area contributed by atoms with Crippen LogP contribution in [0.15, 0.2) is 29.7 Å². The normalized spacial score (nSPS) is 23.1. The first-order chi connectivity index (χ1) is 16.2. The Kier molecular flexibility index (Phi) is 7.11. The van der Waals surface area contributed by atoms with E-state index in [-0.39, 0.29) is 12.7 Å². The number of nitrogen functional groups attached to an aromatic ring is 1. The summed E-state index contributed by atoms with van der Waals surface area (Å²) in [7, 11) is -0.499. The molecular weight excluding hydrogens is 433 g/mol. The van der Waals surface area contributed by atoms with Crippen LogP contribution in [0.25, 0.3) is 11.3 Å². The van der Waals surface area contributed by atoms with Crippen molar-refractivity contribution in [3.8, 4) is 17.0 Å². The molecule has 0 aliphatic heterocycles. The molecule has 2 aromatic rings. The number of nitrogens with one attached hydrogen (secondary N) is 1. The van der Waals surface area contributed by atoms with Crippen LogP contribution in [0.2, 0.25) is 6.82 Å². The zero-order valence-corrected chi connectivity index (χ0v) is 20.3. The van der Waals surface area contributed by atoms with Crippen LogP contribution >= 0.6 is 0 Å². The zero-order chi connectivity index (χ0) is 24.5. The second-order valence-electron chi connectivity index (χ2n) is 9.83. The molecule has 1 aromatic heterocycles. The lowest BCUT2D eigenvalue weighted by atomic mass is 9.70. The summed E-state index contributed by atoms with van der Waals surface area (Å²) in [5.41, 5.74) is 9.68. The third-order valence-corrected chi connectivity index (χ3v) is 6.52. The van der Waals surface area contributed by atoms with Crippen LogP contribution in [0.5, 0.6) is 5.75 Å². The molecule has 9 nitrogen and oxygen atoms in total. The Bertz CT molecular complexity index is 1050. The third kappa shape index (κ3) is 5.04. The highest BCUT2D eigenvalue weighted by Crippen LogP contribution is 2.45. The Hall–Kier alpha value is -2.69. The van der Waals surface area contributed by atoms with Crippen LogP contribution in [0.3, 0.4) is 0 Å². The van der Waals surface area contributed by atoms with E-state index in [1.165, 1.54) is 6.33 Å². The smallest absolute Gasteiger partial charge is 0.373 e. The maximum absolute atomic E-state index is 9.63. The fourth-order valence-electron chi connectivity index (χ4n) is 4.93. The number of aliphatic hydroxyl groups excluding tert-OH is 1. The van der Waals surface area contributed by atoms with Crippen molar-refractivity contribution in [2.24, 2.45) is 5.16 Å². The Morgan fingerprint density at radius 3 is 2.65 bits per heavy atom. The number of fused-ring (bicyclic) bond motifs is 3. The van der Waals surface area contributed by atoms with E-state index in [0.717, 1.165) is 53.8 Å². The number of anilines is 1. The Balaban J connectivity index is 1.64. The van der Waals surface area contributed by atoms with Crippen LogP contribution in [-0.2, 0) is 10.3 Å². The van der Waals surface area contributed by atoms with Gasteiger partial charge in [-0.3, -0.25) is 0 Å². The van der Waals surface area contributed by atoms with Crippen LogP contribution in [0.1, 0.15) is 57.6 Å². The quantitative estimate of drug-likeness (QED) is 0.360. The summed E-state index contributed by atoms with van der Waals surface area (Å²) in [5, 5.41) is 26.8. The Morgan fingerprint density at radius 2 is 1.97 bits per heavy atom.